The van der Waals surface area contributed by atoms with Crippen LogP contribution in [0.1, 0.15) is 12.5 Å². The van der Waals surface area contributed by atoms with Gasteiger partial charge in [0.1, 0.15) is 0 Å². The topological polar surface area (TPSA) is 47.6 Å². The molecule has 0 aromatic heterocycles. The molecule has 5 nitrogen and oxygen atoms in total. The van der Waals surface area contributed by atoms with Crippen LogP contribution in [0.15, 0.2) is 48.5 Å². The molecule has 1 heterocycles. The Hall–Kier alpha value is -2.53. The first-order chi connectivity index (χ1) is 12.1. The molecule has 3 rings (SSSR count). The summed E-state index contributed by atoms with van der Waals surface area (Å²) in [5.74, 6) is 0. The smallest absolute Gasteiger partial charge is 0.323 e. The highest BCUT2D eigenvalue weighted by Crippen LogP contribution is 2.19. The number of nitrogens with one attached hydrogen (secondary N) is 2. The van der Waals surface area contributed by atoms with Crippen molar-refractivity contribution in [2.24, 2.45) is 0 Å². The SMILES string of the molecule is CCc1ccc(NC(=O)Nc2ccc(N3CCN(C)CC3)cc2)cc1. The van der Waals surface area contributed by atoms with Crippen molar-refractivity contribution in [3.05, 3.63) is 54.1 Å². The molecule has 0 bridgehead atoms. The molecule has 1 aliphatic rings. The van der Waals surface area contributed by atoms with Gasteiger partial charge in [-0.15, -0.1) is 0 Å². The normalized spacial score (nSPS) is 15.0. The molecular formula is C20H26N4O. The fourth-order valence-corrected chi connectivity index (χ4v) is 2.94. The van der Waals surface area contributed by atoms with Gasteiger partial charge in [-0.2, -0.15) is 0 Å². The van der Waals surface area contributed by atoms with Gasteiger partial charge in [-0.05, 0) is 55.4 Å². The summed E-state index contributed by atoms with van der Waals surface area (Å²) in [6, 6.07) is 15.7. The van der Waals surface area contributed by atoms with Gasteiger partial charge in [0.25, 0.3) is 0 Å². The fraction of sp³-hybridized carbons (Fsp3) is 0.350. The van der Waals surface area contributed by atoms with E-state index in [0.29, 0.717) is 0 Å². The zero-order valence-electron chi connectivity index (χ0n) is 15.0. The van der Waals surface area contributed by atoms with Gasteiger partial charge in [0.15, 0.2) is 0 Å². The van der Waals surface area contributed by atoms with E-state index in [0.717, 1.165) is 44.0 Å². The number of urea groups is 1. The molecule has 2 aromatic carbocycles. The number of rotatable bonds is 4. The maximum Gasteiger partial charge on any atom is 0.323 e. The first-order valence-corrected chi connectivity index (χ1v) is 8.84. The molecule has 2 N–H and O–H groups in total. The van der Waals surface area contributed by atoms with Crippen LogP contribution in [0.25, 0.3) is 0 Å². The highest BCUT2D eigenvalue weighted by Gasteiger charge is 2.14. The van der Waals surface area contributed by atoms with Crippen LogP contribution in [-0.2, 0) is 6.42 Å². The quantitative estimate of drug-likeness (QED) is 0.895. The third kappa shape index (κ3) is 4.73. The molecule has 5 heteroatoms. The third-order valence-corrected chi connectivity index (χ3v) is 4.61. The number of hydrogen-bond donors (Lipinski definition) is 2. The standard InChI is InChI=1S/C20H26N4O/c1-3-16-4-6-17(7-5-16)21-20(25)22-18-8-10-19(11-9-18)24-14-12-23(2)13-15-24/h4-11H,3,12-15H2,1-2H3,(H2,21,22,25). The van der Waals surface area contributed by atoms with Crippen LogP contribution in [0.3, 0.4) is 0 Å². The second-order valence-electron chi connectivity index (χ2n) is 6.47. The van der Waals surface area contributed by atoms with E-state index in [1.54, 1.807) is 0 Å². The van der Waals surface area contributed by atoms with Crippen LogP contribution in [-0.4, -0.2) is 44.2 Å². The Labute approximate surface area is 149 Å². The number of hydrogen-bond acceptors (Lipinski definition) is 3. The number of likely N-dealkylation sites (N-methyl/N-ethyl adjacent to an activating group) is 1. The molecule has 25 heavy (non-hydrogen) atoms. The van der Waals surface area contributed by atoms with Crippen LogP contribution < -0.4 is 15.5 Å². The average molecular weight is 338 g/mol. The number of carbonyl (C=O) groups is 1. The predicted molar refractivity (Wildman–Crippen MR) is 105 cm³/mol. The van der Waals surface area contributed by atoms with Crippen LogP contribution in [0.2, 0.25) is 0 Å². The molecule has 2 amide bonds. The summed E-state index contributed by atoms with van der Waals surface area (Å²) >= 11 is 0. The number of anilines is 3. The lowest BCUT2D eigenvalue weighted by Crippen LogP contribution is -2.44. The molecule has 1 saturated heterocycles. The van der Waals surface area contributed by atoms with Crippen molar-refractivity contribution in [1.29, 1.82) is 0 Å². The second kappa shape index (κ2) is 8.03. The van der Waals surface area contributed by atoms with Crippen LogP contribution >= 0.6 is 0 Å². The summed E-state index contributed by atoms with van der Waals surface area (Å²) in [4.78, 5) is 16.8. The lowest BCUT2D eigenvalue weighted by atomic mass is 10.1. The van der Waals surface area contributed by atoms with Gasteiger partial charge in [0.2, 0.25) is 0 Å². The fourth-order valence-electron chi connectivity index (χ4n) is 2.94. The number of amides is 2. The molecule has 1 fully saturated rings. The van der Waals surface area contributed by atoms with E-state index < -0.39 is 0 Å². The zero-order valence-corrected chi connectivity index (χ0v) is 15.0. The minimum absolute atomic E-state index is 0.225. The van der Waals surface area contributed by atoms with Crippen molar-refractivity contribution in [1.82, 2.24) is 4.90 Å². The predicted octanol–water partition coefficient (Wildman–Crippen LogP) is 3.64. The molecule has 0 saturated carbocycles. The summed E-state index contributed by atoms with van der Waals surface area (Å²) in [6.45, 7) is 6.36. The largest absolute Gasteiger partial charge is 0.369 e. The second-order valence-corrected chi connectivity index (χ2v) is 6.47. The van der Waals surface area contributed by atoms with Gasteiger partial charge in [-0.25, -0.2) is 4.79 Å². The van der Waals surface area contributed by atoms with Gasteiger partial charge in [0, 0.05) is 43.2 Å². The molecule has 0 unspecified atom stereocenters. The maximum atomic E-state index is 12.1. The van der Waals surface area contributed by atoms with Gasteiger partial charge in [-0.1, -0.05) is 19.1 Å². The number of benzene rings is 2. The highest BCUT2D eigenvalue weighted by molar-refractivity contribution is 5.99. The summed E-state index contributed by atoms with van der Waals surface area (Å²) in [5, 5.41) is 5.74. The van der Waals surface area contributed by atoms with E-state index in [1.807, 2.05) is 36.4 Å². The zero-order chi connectivity index (χ0) is 17.6. The summed E-state index contributed by atoms with van der Waals surface area (Å²) in [5.41, 5.74) is 4.05. The molecular weight excluding hydrogens is 312 g/mol. The van der Waals surface area contributed by atoms with Crippen molar-refractivity contribution in [2.75, 3.05) is 48.8 Å². The Bertz CT molecular complexity index is 689. The van der Waals surface area contributed by atoms with Gasteiger partial charge in [0.05, 0.1) is 0 Å². The Morgan fingerprint density at radius 1 is 0.880 bits per heavy atom. The molecule has 0 radical (unpaired) electrons. The lowest BCUT2D eigenvalue weighted by Gasteiger charge is -2.34. The van der Waals surface area contributed by atoms with E-state index >= 15 is 0 Å². The number of nitrogens with zero attached hydrogens (tertiary/aromatic N) is 2. The molecule has 132 valence electrons. The molecule has 2 aromatic rings. The highest BCUT2D eigenvalue weighted by atomic mass is 16.2. The Kier molecular flexibility index (Phi) is 5.56. The third-order valence-electron chi connectivity index (χ3n) is 4.61. The molecule has 0 spiro atoms. The van der Waals surface area contributed by atoms with Gasteiger partial charge in [-0.3, -0.25) is 0 Å². The summed E-state index contributed by atoms with van der Waals surface area (Å²) in [7, 11) is 2.15. The minimum Gasteiger partial charge on any atom is -0.369 e. The molecule has 1 aliphatic heterocycles. The van der Waals surface area contributed by atoms with E-state index in [-0.39, 0.29) is 6.03 Å². The minimum atomic E-state index is -0.225. The Morgan fingerprint density at radius 3 is 1.92 bits per heavy atom. The van der Waals surface area contributed by atoms with Crippen LogP contribution in [0.5, 0.6) is 0 Å². The van der Waals surface area contributed by atoms with Crippen molar-refractivity contribution in [3.63, 3.8) is 0 Å². The first kappa shape index (κ1) is 17.3. The van der Waals surface area contributed by atoms with E-state index in [2.05, 4.69) is 46.5 Å². The molecule has 0 aliphatic carbocycles. The Balaban J connectivity index is 1.54. The van der Waals surface area contributed by atoms with E-state index in [9.17, 15) is 4.79 Å². The first-order valence-electron chi connectivity index (χ1n) is 8.84. The monoisotopic (exact) mass is 338 g/mol. The number of aryl methyl sites for hydroxylation is 1. The van der Waals surface area contributed by atoms with Crippen molar-refractivity contribution in [2.45, 2.75) is 13.3 Å². The summed E-state index contributed by atoms with van der Waals surface area (Å²) in [6.07, 6.45) is 0.992. The molecule has 0 atom stereocenters. The van der Waals surface area contributed by atoms with E-state index in [4.69, 9.17) is 0 Å². The van der Waals surface area contributed by atoms with Crippen molar-refractivity contribution in [3.8, 4) is 0 Å². The van der Waals surface area contributed by atoms with Crippen LogP contribution in [0.4, 0.5) is 21.9 Å². The van der Waals surface area contributed by atoms with Gasteiger partial charge >= 0.3 is 6.03 Å². The Morgan fingerprint density at radius 2 is 1.40 bits per heavy atom. The lowest BCUT2D eigenvalue weighted by molar-refractivity contribution is 0.262. The van der Waals surface area contributed by atoms with Crippen LogP contribution in [0, 0.1) is 0 Å². The van der Waals surface area contributed by atoms with Crippen molar-refractivity contribution >= 4 is 23.1 Å². The van der Waals surface area contributed by atoms with Gasteiger partial charge < -0.3 is 20.4 Å². The number of carbonyl (C=O) groups excluding carboxylic acids is 1. The average Bonchev–Trinajstić information content (AvgIpc) is 2.64. The number of piperazine rings is 1. The maximum absolute atomic E-state index is 12.1. The summed E-state index contributed by atoms with van der Waals surface area (Å²) < 4.78 is 0. The van der Waals surface area contributed by atoms with Crippen molar-refractivity contribution < 1.29 is 4.79 Å². The van der Waals surface area contributed by atoms with E-state index in [1.165, 1.54) is 11.3 Å².